The Morgan fingerprint density at radius 2 is 2.14 bits per heavy atom. The summed E-state index contributed by atoms with van der Waals surface area (Å²) in [5.41, 5.74) is -0.511. The largest absolute Gasteiger partial charge is 0.481 e. The highest BCUT2D eigenvalue weighted by Crippen LogP contribution is 2.35. The fourth-order valence-electron chi connectivity index (χ4n) is 2.93. The second-order valence-electron chi connectivity index (χ2n) is 5.82. The van der Waals surface area contributed by atoms with E-state index in [-0.39, 0.29) is 17.1 Å². The molecule has 1 aromatic carbocycles. The van der Waals surface area contributed by atoms with Gasteiger partial charge in [-0.1, -0.05) is 24.6 Å². The number of amides is 1. The Labute approximate surface area is 133 Å². The second kappa shape index (κ2) is 6.24. The predicted molar refractivity (Wildman–Crippen MR) is 81.6 cm³/mol. The monoisotopic (exact) mass is 327 g/mol. The first kappa shape index (κ1) is 16.7. The van der Waals surface area contributed by atoms with Crippen LogP contribution in [0, 0.1) is 18.2 Å². The summed E-state index contributed by atoms with van der Waals surface area (Å²) in [7, 11) is 0. The van der Waals surface area contributed by atoms with Gasteiger partial charge in [0.15, 0.2) is 0 Å². The van der Waals surface area contributed by atoms with Crippen molar-refractivity contribution in [1.82, 2.24) is 4.90 Å². The molecule has 1 heterocycles. The summed E-state index contributed by atoms with van der Waals surface area (Å²) < 4.78 is 14.0. The Morgan fingerprint density at radius 1 is 1.45 bits per heavy atom. The van der Waals surface area contributed by atoms with E-state index in [9.17, 15) is 19.1 Å². The van der Waals surface area contributed by atoms with Gasteiger partial charge in [-0.25, -0.2) is 4.39 Å². The quantitative estimate of drug-likeness (QED) is 0.924. The van der Waals surface area contributed by atoms with Crippen LogP contribution >= 0.6 is 11.6 Å². The molecule has 1 amide bonds. The first-order chi connectivity index (χ1) is 10.3. The van der Waals surface area contributed by atoms with E-state index < -0.39 is 23.1 Å². The zero-order valence-electron chi connectivity index (χ0n) is 12.7. The lowest BCUT2D eigenvalue weighted by molar-refractivity contribution is -0.152. The van der Waals surface area contributed by atoms with Gasteiger partial charge in [-0.05, 0) is 37.8 Å². The lowest BCUT2D eigenvalue weighted by Gasteiger charge is -2.39. The third-order valence-electron chi connectivity index (χ3n) is 4.49. The van der Waals surface area contributed by atoms with E-state index in [1.165, 1.54) is 17.0 Å². The fraction of sp³-hybridized carbons (Fsp3) is 0.500. The van der Waals surface area contributed by atoms with Crippen LogP contribution in [0.4, 0.5) is 4.39 Å². The van der Waals surface area contributed by atoms with E-state index >= 15 is 0 Å². The molecule has 6 heteroatoms. The van der Waals surface area contributed by atoms with Gasteiger partial charge in [0.25, 0.3) is 5.91 Å². The van der Waals surface area contributed by atoms with Crippen LogP contribution in [0.15, 0.2) is 12.1 Å². The molecule has 1 fully saturated rings. The molecule has 1 atom stereocenters. The number of carbonyl (C=O) groups excluding carboxylic acids is 1. The fourth-order valence-corrected chi connectivity index (χ4v) is 3.16. The number of hydrogen-bond acceptors (Lipinski definition) is 2. The van der Waals surface area contributed by atoms with Gasteiger partial charge in [-0.15, -0.1) is 0 Å². The highest BCUT2D eigenvalue weighted by atomic mass is 35.5. The van der Waals surface area contributed by atoms with Crippen LogP contribution in [0.2, 0.25) is 5.02 Å². The van der Waals surface area contributed by atoms with E-state index in [1.807, 2.05) is 0 Å². The molecule has 1 unspecified atom stereocenters. The highest BCUT2D eigenvalue weighted by molar-refractivity contribution is 6.34. The van der Waals surface area contributed by atoms with Crippen molar-refractivity contribution in [3.63, 3.8) is 0 Å². The van der Waals surface area contributed by atoms with Crippen LogP contribution in [-0.4, -0.2) is 35.0 Å². The van der Waals surface area contributed by atoms with Crippen LogP contribution < -0.4 is 0 Å². The van der Waals surface area contributed by atoms with Gasteiger partial charge in [-0.3, -0.25) is 9.59 Å². The molecule has 1 aliphatic heterocycles. The standard InChI is InChI=1S/C16H19ClFNO3/c1-3-16(15(21)22)7-4-8-19(9-16)14(20)12-11(18)6-5-10(2)13(12)17/h5-6H,3-4,7-9H2,1-2H3,(H,21,22). The maximum atomic E-state index is 14.0. The van der Waals surface area contributed by atoms with Crippen molar-refractivity contribution in [3.8, 4) is 0 Å². The average molecular weight is 328 g/mol. The number of aliphatic carboxylic acids is 1. The number of aryl methyl sites for hydroxylation is 1. The lowest BCUT2D eigenvalue weighted by atomic mass is 9.77. The maximum Gasteiger partial charge on any atom is 0.311 e. The Hall–Kier alpha value is -1.62. The van der Waals surface area contributed by atoms with Crippen LogP contribution in [0.25, 0.3) is 0 Å². The van der Waals surface area contributed by atoms with Crippen molar-refractivity contribution in [1.29, 1.82) is 0 Å². The second-order valence-corrected chi connectivity index (χ2v) is 6.20. The number of piperidine rings is 1. The molecule has 22 heavy (non-hydrogen) atoms. The number of likely N-dealkylation sites (tertiary alicyclic amines) is 1. The number of hydrogen-bond donors (Lipinski definition) is 1. The molecule has 120 valence electrons. The lowest BCUT2D eigenvalue weighted by Crippen LogP contribution is -2.49. The van der Waals surface area contributed by atoms with Gasteiger partial charge in [0, 0.05) is 13.1 Å². The minimum Gasteiger partial charge on any atom is -0.481 e. The van der Waals surface area contributed by atoms with E-state index in [0.29, 0.717) is 31.4 Å². The van der Waals surface area contributed by atoms with Crippen LogP contribution in [0.1, 0.15) is 42.1 Å². The molecule has 0 bridgehead atoms. The zero-order chi connectivity index (χ0) is 16.5. The molecule has 1 saturated heterocycles. The molecular formula is C16H19ClFNO3. The van der Waals surface area contributed by atoms with Gasteiger partial charge < -0.3 is 10.0 Å². The smallest absolute Gasteiger partial charge is 0.311 e. The summed E-state index contributed by atoms with van der Waals surface area (Å²) >= 11 is 6.08. The molecule has 2 rings (SSSR count). The number of nitrogens with zero attached hydrogens (tertiary/aromatic N) is 1. The predicted octanol–water partition coefficient (Wildman–Crippen LogP) is 3.50. The molecular weight excluding hydrogens is 309 g/mol. The van der Waals surface area contributed by atoms with E-state index in [0.717, 1.165) is 0 Å². The van der Waals surface area contributed by atoms with Crippen molar-refractivity contribution in [2.75, 3.05) is 13.1 Å². The van der Waals surface area contributed by atoms with E-state index in [1.54, 1.807) is 13.8 Å². The molecule has 1 N–H and O–H groups in total. The zero-order valence-corrected chi connectivity index (χ0v) is 13.4. The number of benzene rings is 1. The van der Waals surface area contributed by atoms with Gasteiger partial charge in [0.1, 0.15) is 5.82 Å². The molecule has 0 aromatic heterocycles. The Bertz CT molecular complexity index is 620. The molecule has 1 aliphatic rings. The van der Waals surface area contributed by atoms with Crippen LogP contribution in [0.3, 0.4) is 0 Å². The first-order valence-corrected chi connectivity index (χ1v) is 7.67. The Kier molecular flexibility index (Phi) is 4.75. The first-order valence-electron chi connectivity index (χ1n) is 7.29. The summed E-state index contributed by atoms with van der Waals surface area (Å²) in [6.07, 6.45) is 1.53. The van der Waals surface area contributed by atoms with Crippen molar-refractivity contribution >= 4 is 23.5 Å². The summed E-state index contributed by atoms with van der Waals surface area (Å²) in [4.78, 5) is 25.6. The number of halogens is 2. The summed E-state index contributed by atoms with van der Waals surface area (Å²) in [6.45, 7) is 3.99. The number of carboxylic acid groups (broad SMARTS) is 1. The van der Waals surface area contributed by atoms with Crippen molar-refractivity contribution in [2.45, 2.75) is 33.1 Å². The summed E-state index contributed by atoms with van der Waals surface area (Å²) in [5, 5.41) is 9.56. The van der Waals surface area contributed by atoms with Crippen LogP contribution in [0.5, 0.6) is 0 Å². The Balaban J connectivity index is 2.34. The Morgan fingerprint density at radius 3 is 2.73 bits per heavy atom. The molecule has 0 aliphatic carbocycles. The molecule has 4 nitrogen and oxygen atoms in total. The van der Waals surface area contributed by atoms with E-state index in [2.05, 4.69) is 0 Å². The number of carbonyl (C=O) groups is 2. The molecule has 0 saturated carbocycles. The molecule has 1 aromatic rings. The SMILES string of the molecule is CCC1(C(=O)O)CCCN(C(=O)c2c(F)ccc(C)c2Cl)C1. The minimum atomic E-state index is -0.958. The molecule has 0 spiro atoms. The summed E-state index contributed by atoms with van der Waals surface area (Å²) in [5.74, 6) is -2.13. The van der Waals surface area contributed by atoms with Crippen molar-refractivity contribution < 1.29 is 19.1 Å². The van der Waals surface area contributed by atoms with Crippen molar-refractivity contribution in [3.05, 3.63) is 34.1 Å². The maximum absolute atomic E-state index is 14.0. The van der Waals surface area contributed by atoms with Crippen molar-refractivity contribution in [2.24, 2.45) is 5.41 Å². The minimum absolute atomic E-state index is 0.0847. The highest BCUT2D eigenvalue weighted by Gasteiger charge is 2.42. The van der Waals surface area contributed by atoms with Gasteiger partial charge >= 0.3 is 5.97 Å². The normalized spacial score (nSPS) is 21.7. The topological polar surface area (TPSA) is 57.6 Å². The third-order valence-corrected chi connectivity index (χ3v) is 4.98. The van der Waals surface area contributed by atoms with Crippen LogP contribution in [-0.2, 0) is 4.79 Å². The van der Waals surface area contributed by atoms with Gasteiger partial charge in [0.05, 0.1) is 16.0 Å². The summed E-state index contributed by atoms with van der Waals surface area (Å²) in [6, 6.07) is 2.72. The average Bonchev–Trinajstić information content (AvgIpc) is 2.51. The van der Waals surface area contributed by atoms with Gasteiger partial charge in [-0.2, -0.15) is 0 Å². The third kappa shape index (κ3) is 2.82. The molecule has 0 radical (unpaired) electrons. The number of rotatable bonds is 3. The number of carboxylic acids is 1. The van der Waals surface area contributed by atoms with E-state index in [4.69, 9.17) is 11.6 Å². The van der Waals surface area contributed by atoms with Gasteiger partial charge in [0.2, 0.25) is 0 Å².